The highest BCUT2D eigenvalue weighted by Crippen LogP contribution is 2.28. The predicted molar refractivity (Wildman–Crippen MR) is 85.5 cm³/mol. The molecule has 7 nitrogen and oxygen atoms in total. The van der Waals surface area contributed by atoms with Crippen molar-refractivity contribution < 1.29 is 4.74 Å². The van der Waals surface area contributed by atoms with Gasteiger partial charge in [-0.05, 0) is 25.0 Å². The van der Waals surface area contributed by atoms with Gasteiger partial charge < -0.3 is 9.30 Å². The fraction of sp³-hybridized carbons (Fsp3) is 0.333. The molecule has 23 heavy (non-hydrogen) atoms. The van der Waals surface area contributed by atoms with E-state index < -0.39 is 0 Å². The molecule has 3 aromatic heterocycles. The Morgan fingerprint density at radius 3 is 2.83 bits per heavy atom. The molecule has 1 aliphatic heterocycles. The van der Waals surface area contributed by atoms with Crippen molar-refractivity contribution in [2.45, 2.75) is 18.9 Å². The van der Waals surface area contributed by atoms with Crippen molar-refractivity contribution in [3.8, 4) is 11.4 Å². The van der Waals surface area contributed by atoms with Gasteiger partial charge in [0.1, 0.15) is 11.2 Å². The van der Waals surface area contributed by atoms with Crippen LogP contribution in [0.25, 0.3) is 22.4 Å². The second kappa shape index (κ2) is 5.75. The van der Waals surface area contributed by atoms with Gasteiger partial charge >= 0.3 is 0 Å². The summed E-state index contributed by atoms with van der Waals surface area (Å²) in [7, 11) is 0. The summed E-state index contributed by atoms with van der Waals surface area (Å²) in [5.74, 6) is 0. The average molecular weight is 332 g/mol. The number of H-pyrrole nitrogens is 1. The third-order valence-corrected chi connectivity index (χ3v) is 4.33. The molecule has 118 valence electrons. The Labute approximate surface area is 136 Å². The SMILES string of the molecule is O=c1c(Cl)nc2c(-c3ccn[nH]3)nccc2n1C1CCOCC1. The van der Waals surface area contributed by atoms with Crippen LogP contribution in [0, 0.1) is 0 Å². The Bertz CT molecular complexity index is 900. The van der Waals surface area contributed by atoms with Crippen LogP contribution in [0.4, 0.5) is 0 Å². The highest BCUT2D eigenvalue weighted by molar-refractivity contribution is 6.29. The number of halogens is 1. The minimum atomic E-state index is -0.271. The quantitative estimate of drug-likeness (QED) is 0.778. The number of ether oxygens (including phenoxy) is 1. The van der Waals surface area contributed by atoms with Gasteiger partial charge in [0.25, 0.3) is 5.56 Å². The van der Waals surface area contributed by atoms with E-state index in [0.717, 1.165) is 24.1 Å². The molecule has 0 saturated carbocycles. The van der Waals surface area contributed by atoms with Crippen LogP contribution in [0.3, 0.4) is 0 Å². The Kier molecular flexibility index (Phi) is 3.59. The second-order valence-corrected chi connectivity index (χ2v) is 5.78. The van der Waals surface area contributed by atoms with Crippen molar-refractivity contribution in [3.05, 3.63) is 40.0 Å². The largest absolute Gasteiger partial charge is 0.381 e. The Morgan fingerprint density at radius 1 is 1.26 bits per heavy atom. The number of nitrogens with one attached hydrogen (secondary N) is 1. The zero-order chi connectivity index (χ0) is 15.8. The molecule has 4 heterocycles. The predicted octanol–water partition coefficient (Wildman–Crippen LogP) is 2.19. The first-order valence-electron chi connectivity index (χ1n) is 7.40. The first kappa shape index (κ1) is 14.3. The van der Waals surface area contributed by atoms with Gasteiger partial charge in [0.05, 0.1) is 11.2 Å². The molecule has 3 aromatic rings. The van der Waals surface area contributed by atoms with Gasteiger partial charge in [-0.3, -0.25) is 14.9 Å². The van der Waals surface area contributed by atoms with E-state index >= 15 is 0 Å². The fourth-order valence-electron chi connectivity index (χ4n) is 2.99. The maximum absolute atomic E-state index is 12.6. The van der Waals surface area contributed by atoms with E-state index in [9.17, 15) is 4.79 Å². The van der Waals surface area contributed by atoms with Crippen molar-refractivity contribution in [1.82, 2.24) is 24.7 Å². The molecule has 1 N–H and O–H groups in total. The van der Waals surface area contributed by atoms with E-state index in [-0.39, 0.29) is 16.8 Å². The standard InChI is InChI=1S/C15H14ClN5O2/c16-14-15(22)21(9-3-7-23-8-4-9)11-2-5-17-12(13(11)19-14)10-1-6-18-20-10/h1-2,5-6,9H,3-4,7-8H2,(H,18,20). The number of hydrogen-bond acceptors (Lipinski definition) is 5. The van der Waals surface area contributed by atoms with Crippen LogP contribution in [-0.2, 0) is 4.74 Å². The van der Waals surface area contributed by atoms with Crippen molar-refractivity contribution in [2.75, 3.05) is 13.2 Å². The van der Waals surface area contributed by atoms with Crippen LogP contribution in [0.5, 0.6) is 0 Å². The molecule has 0 bridgehead atoms. The van der Waals surface area contributed by atoms with Crippen LogP contribution in [0.2, 0.25) is 5.15 Å². The number of aromatic nitrogens is 5. The Morgan fingerprint density at radius 2 is 2.09 bits per heavy atom. The molecule has 0 aromatic carbocycles. The van der Waals surface area contributed by atoms with Crippen LogP contribution < -0.4 is 5.56 Å². The molecule has 8 heteroatoms. The summed E-state index contributed by atoms with van der Waals surface area (Å²) in [5.41, 5.74) is 2.41. The van der Waals surface area contributed by atoms with Crippen molar-refractivity contribution in [2.24, 2.45) is 0 Å². The van der Waals surface area contributed by atoms with Gasteiger partial charge in [-0.1, -0.05) is 11.6 Å². The molecule has 1 saturated heterocycles. The molecular weight excluding hydrogens is 318 g/mol. The molecule has 0 spiro atoms. The lowest BCUT2D eigenvalue weighted by molar-refractivity contribution is 0.0698. The normalized spacial score (nSPS) is 16.0. The number of fused-ring (bicyclic) bond motifs is 1. The molecule has 0 aliphatic carbocycles. The van der Waals surface area contributed by atoms with E-state index in [1.54, 1.807) is 29.1 Å². The van der Waals surface area contributed by atoms with E-state index in [2.05, 4.69) is 20.2 Å². The van der Waals surface area contributed by atoms with Gasteiger partial charge in [-0.2, -0.15) is 5.10 Å². The minimum Gasteiger partial charge on any atom is -0.381 e. The Hall–Kier alpha value is -2.25. The van der Waals surface area contributed by atoms with Crippen molar-refractivity contribution >= 4 is 22.6 Å². The number of aromatic amines is 1. The maximum atomic E-state index is 12.6. The molecule has 4 rings (SSSR count). The number of rotatable bonds is 2. The lowest BCUT2D eigenvalue weighted by Crippen LogP contribution is -2.30. The molecule has 0 radical (unpaired) electrons. The van der Waals surface area contributed by atoms with Crippen molar-refractivity contribution in [3.63, 3.8) is 0 Å². The molecule has 0 atom stereocenters. The molecule has 1 aliphatic rings. The summed E-state index contributed by atoms with van der Waals surface area (Å²) in [4.78, 5) is 21.2. The van der Waals surface area contributed by atoms with Gasteiger partial charge in [0.2, 0.25) is 0 Å². The van der Waals surface area contributed by atoms with Crippen LogP contribution in [0.15, 0.2) is 29.3 Å². The zero-order valence-corrected chi connectivity index (χ0v) is 13.0. The van der Waals surface area contributed by atoms with Gasteiger partial charge in [0, 0.05) is 31.6 Å². The summed E-state index contributed by atoms with van der Waals surface area (Å²) in [5, 5.41) is 6.78. The van der Waals surface area contributed by atoms with Crippen molar-refractivity contribution in [1.29, 1.82) is 0 Å². The van der Waals surface area contributed by atoms with Gasteiger partial charge in [0.15, 0.2) is 5.15 Å². The summed E-state index contributed by atoms with van der Waals surface area (Å²) >= 11 is 6.12. The van der Waals surface area contributed by atoms with Crippen LogP contribution >= 0.6 is 11.6 Å². The second-order valence-electron chi connectivity index (χ2n) is 5.42. The maximum Gasteiger partial charge on any atom is 0.289 e. The van der Waals surface area contributed by atoms with Crippen LogP contribution in [-0.4, -0.2) is 37.9 Å². The number of nitrogens with zero attached hydrogens (tertiary/aromatic N) is 4. The highest BCUT2D eigenvalue weighted by Gasteiger charge is 2.22. The molecule has 0 unspecified atom stereocenters. The smallest absolute Gasteiger partial charge is 0.289 e. The van der Waals surface area contributed by atoms with E-state index in [0.29, 0.717) is 24.4 Å². The fourth-order valence-corrected chi connectivity index (χ4v) is 3.17. The topological polar surface area (TPSA) is 85.7 Å². The highest BCUT2D eigenvalue weighted by atomic mass is 35.5. The number of hydrogen-bond donors (Lipinski definition) is 1. The third kappa shape index (κ3) is 2.42. The van der Waals surface area contributed by atoms with Crippen LogP contribution in [0.1, 0.15) is 18.9 Å². The first-order valence-corrected chi connectivity index (χ1v) is 7.78. The third-order valence-electron chi connectivity index (χ3n) is 4.08. The lowest BCUT2D eigenvalue weighted by Gasteiger charge is -2.25. The van der Waals surface area contributed by atoms with Gasteiger partial charge in [-0.15, -0.1) is 0 Å². The Balaban J connectivity index is 2.00. The van der Waals surface area contributed by atoms with E-state index in [4.69, 9.17) is 16.3 Å². The summed E-state index contributed by atoms with van der Waals surface area (Å²) < 4.78 is 7.13. The summed E-state index contributed by atoms with van der Waals surface area (Å²) in [6, 6.07) is 3.66. The summed E-state index contributed by atoms with van der Waals surface area (Å²) in [6.07, 6.45) is 4.86. The monoisotopic (exact) mass is 331 g/mol. The minimum absolute atomic E-state index is 0.0437. The molecular formula is C15H14ClN5O2. The number of pyridine rings is 1. The van der Waals surface area contributed by atoms with E-state index in [1.807, 2.05) is 0 Å². The average Bonchev–Trinajstić information content (AvgIpc) is 3.11. The molecule has 0 amide bonds. The zero-order valence-electron chi connectivity index (χ0n) is 12.2. The first-order chi connectivity index (χ1) is 11.3. The van der Waals surface area contributed by atoms with Gasteiger partial charge in [-0.25, -0.2) is 4.98 Å². The van der Waals surface area contributed by atoms with E-state index in [1.165, 1.54) is 0 Å². The summed E-state index contributed by atoms with van der Waals surface area (Å²) in [6.45, 7) is 1.27. The lowest BCUT2D eigenvalue weighted by atomic mass is 10.1. The molecule has 1 fully saturated rings.